The van der Waals surface area contributed by atoms with Crippen LogP contribution in [0.1, 0.15) is 99.8 Å². The molecular formula is C23H46OSi. The van der Waals surface area contributed by atoms with Crippen molar-refractivity contribution < 1.29 is 5.11 Å². The molecule has 0 saturated heterocycles. The summed E-state index contributed by atoms with van der Waals surface area (Å²) >= 11 is 0. The van der Waals surface area contributed by atoms with Gasteiger partial charge in [-0.15, -0.1) is 0 Å². The van der Waals surface area contributed by atoms with Crippen LogP contribution in [0.2, 0.25) is 18.1 Å². The lowest BCUT2D eigenvalue weighted by molar-refractivity contribution is 0.126. The summed E-state index contributed by atoms with van der Waals surface area (Å²) in [5, 5.41) is 12.6. The van der Waals surface area contributed by atoms with Crippen LogP contribution in [0.15, 0.2) is 22.9 Å². The van der Waals surface area contributed by atoms with Gasteiger partial charge in [0.1, 0.15) is 0 Å². The van der Waals surface area contributed by atoms with Crippen LogP contribution in [0.4, 0.5) is 0 Å². The molecule has 0 rings (SSSR count). The van der Waals surface area contributed by atoms with Gasteiger partial charge in [0.2, 0.25) is 0 Å². The van der Waals surface area contributed by atoms with Crippen LogP contribution in [0.25, 0.3) is 0 Å². The Morgan fingerprint density at radius 2 is 1.28 bits per heavy atom. The van der Waals surface area contributed by atoms with Gasteiger partial charge >= 0.3 is 0 Å². The third-order valence-corrected chi connectivity index (χ3v) is 11.3. The van der Waals surface area contributed by atoms with Crippen molar-refractivity contribution in [1.29, 1.82) is 0 Å². The zero-order valence-electron chi connectivity index (χ0n) is 18.4. The summed E-state index contributed by atoms with van der Waals surface area (Å²) in [5.74, 6) is 0. The molecule has 0 unspecified atom stereocenters. The van der Waals surface area contributed by atoms with Gasteiger partial charge in [-0.2, -0.15) is 0 Å². The van der Waals surface area contributed by atoms with E-state index in [1.165, 1.54) is 67.4 Å². The lowest BCUT2D eigenvalue weighted by Gasteiger charge is -2.41. The maximum Gasteiger partial charge on any atom is 0.0852 e. The molecule has 1 nitrogen and oxygen atoms in total. The quantitative estimate of drug-likeness (QED) is 0.245. The zero-order valence-corrected chi connectivity index (χ0v) is 19.4. The molecule has 2 heteroatoms. The van der Waals surface area contributed by atoms with E-state index in [-0.39, 0.29) is 0 Å². The van der Waals surface area contributed by atoms with E-state index >= 15 is 0 Å². The van der Waals surface area contributed by atoms with E-state index in [2.05, 4.69) is 46.8 Å². The fraction of sp³-hybridized carbons (Fsp3) is 0.826. The van der Waals surface area contributed by atoms with Crippen molar-refractivity contribution in [3.63, 3.8) is 0 Å². The monoisotopic (exact) mass is 366 g/mol. The standard InChI is InChI=1S/C23H46OSi/c1-8-13-17-25(18-14-9-2,19-15-10-3)22(23(6,7)24)20-21(12-5)16-11-4/h16,20,24H,8-15,17-19H2,1-7H3. The maximum atomic E-state index is 11.2. The molecule has 25 heavy (non-hydrogen) atoms. The first kappa shape index (κ1) is 24.7. The van der Waals surface area contributed by atoms with Crippen molar-refractivity contribution in [2.75, 3.05) is 0 Å². The van der Waals surface area contributed by atoms with E-state index < -0.39 is 13.7 Å². The Bertz CT molecular complexity index is 379. The maximum absolute atomic E-state index is 11.2. The van der Waals surface area contributed by atoms with E-state index in [4.69, 9.17) is 0 Å². The lowest BCUT2D eigenvalue weighted by atomic mass is 10.1. The molecule has 0 atom stereocenters. The summed E-state index contributed by atoms with van der Waals surface area (Å²) < 4.78 is 0. The molecule has 148 valence electrons. The lowest BCUT2D eigenvalue weighted by Crippen LogP contribution is -2.46. The van der Waals surface area contributed by atoms with Crippen molar-refractivity contribution in [2.45, 2.75) is 124 Å². The Balaban J connectivity index is 6.16. The minimum absolute atomic E-state index is 0.691. The largest absolute Gasteiger partial charge is 0.386 e. The van der Waals surface area contributed by atoms with Crippen LogP contribution in [-0.4, -0.2) is 18.8 Å². The van der Waals surface area contributed by atoms with E-state index in [1.807, 2.05) is 13.8 Å². The van der Waals surface area contributed by atoms with Crippen LogP contribution in [-0.2, 0) is 0 Å². The Hall–Kier alpha value is -0.343. The second-order valence-corrected chi connectivity index (χ2v) is 12.8. The summed E-state index contributed by atoms with van der Waals surface area (Å²) in [5.41, 5.74) is 0.727. The topological polar surface area (TPSA) is 20.2 Å². The number of rotatable bonds is 14. The van der Waals surface area contributed by atoms with Gasteiger partial charge in [0.25, 0.3) is 0 Å². The number of allylic oxidation sites excluding steroid dienone is 3. The molecule has 0 bridgehead atoms. The van der Waals surface area contributed by atoms with Crippen molar-refractivity contribution in [3.8, 4) is 0 Å². The molecule has 0 aliphatic rings. The van der Waals surface area contributed by atoms with Crippen molar-refractivity contribution >= 4 is 8.07 Å². The second-order valence-electron chi connectivity index (χ2n) is 8.25. The minimum Gasteiger partial charge on any atom is -0.386 e. The average molecular weight is 367 g/mol. The first-order valence-electron chi connectivity index (χ1n) is 10.9. The summed E-state index contributed by atoms with van der Waals surface area (Å²) in [7, 11) is -1.66. The van der Waals surface area contributed by atoms with Crippen LogP contribution < -0.4 is 0 Å². The normalized spacial score (nSPS) is 14.2. The predicted octanol–water partition coefficient (Wildman–Crippen LogP) is 7.82. The summed E-state index contributed by atoms with van der Waals surface area (Å²) in [6, 6.07) is 4.05. The number of hydrogen-bond donors (Lipinski definition) is 1. The van der Waals surface area contributed by atoms with Gasteiger partial charge in [-0.1, -0.05) is 114 Å². The third-order valence-electron chi connectivity index (χ3n) is 5.46. The molecule has 1 N–H and O–H groups in total. The SMILES string of the molecule is CCC=C(C=C(C(C)(C)O)[Si](CCCC)(CCCC)CCCC)CC. The van der Waals surface area contributed by atoms with Crippen molar-refractivity contribution in [1.82, 2.24) is 0 Å². The molecule has 0 aliphatic carbocycles. The average Bonchev–Trinajstić information content (AvgIpc) is 2.57. The van der Waals surface area contributed by atoms with Gasteiger partial charge < -0.3 is 5.11 Å². The van der Waals surface area contributed by atoms with Crippen LogP contribution >= 0.6 is 0 Å². The molecule has 0 saturated carbocycles. The zero-order chi connectivity index (χ0) is 19.3. The molecule has 0 radical (unpaired) electrons. The summed E-state index contributed by atoms with van der Waals surface area (Å²) in [6.07, 6.45) is 14.6. The van der Waals surface area contributed by atoms with Gasteiger partial charge in [0.05, 0.1) is 13.7 Å². The number of hydrogen-bond acceptors (Lipinski definition) is 1. The smallest absolute Gasteiger partial charge is 0.0852 e. The number of unbranched alkanes of at least 4 members (excludes halogenated alkanes) is 3. The highest BCUT2D eigenvalue weighted by Crippen LogP contribution is 2.40. The Kier molecular flexibility index (Phi) is 12.7. The molecule has 0 amide bonds. The van der Waals surface area contributed by atoms with Gasteiger partial charge in [0, 0.05) is 0 Å². The van der Waals surface area contributed by atoms with Gasteiger partial charge in [-0.3, -0.25) is 0 Å². The molecule has 0 heterocycles. The van der Waals surface area contributed by atoms with Crippen molar-refractivity contribution in [3.05, 3.63) is 22.9 Å². The fourth-order valence-electron chi connectivity index (χ4n) is 4.06. The molecule has 0 aliphatic heterocycles. The molecule has 0 aromatic carbocycles. The highest BCUT2D eigenvalue weighted by molar-refractivity contribution is 6.87. The minimum atomic E-state index is -1.66. The Morgan fingerprint density at radius 1 is 0.840 bits per heavy atom. The molecule has 0 fully saturated rings. The van der Waals surface area contributed by atoms with E-state index in [0.29, 0.717) is 0 Å². The van der Waals surface area contributed by atoms with E-state index in [9.17, 15) is 5.11 Å². The second kappa shape index (κ2) is 12.9. The molecule has 0 spiro atoms. The fourth-order valence-corrected chi connectivity index (χ4v) is 10.5. The van der Waals surface area contributed by atoms with Gasteiger partial charge in [-0.05, 0) is 26.7 Å². The van der Waals surface area contributed by atoms with Gasteiger partial charge in [0.15, 0.2) is 0 Å². The first-order chi connectivity index (χ1) is 11.8. The first-order valence-corrected chi connectivity index (χ1v) is 13.6. The molecule has 0 aromatic heterocycles. The third kappa shape index (κ3) is 8.73. The Morgan fingerprint density at radius 3 is 1.56 bits per heavy atom. The highest BCUT2D eigenvalue weighted by atomic mass is 28.3. The molecule has 0 aromatic rings. The van der Waals surface area contributed by atoms with Gasteiger partial charge in [-0.25, -0.2) is 0 Å². The Labute approximate surface area is 160 Å². The van der Waals surface area contributed by atoms with E-state index in [1.54, 1.807) is 0 Å². The van der Waals surface area contributed by atoms with Crippen LogP contribution in [0.5, 0.6) is 0 Å². The summed E-state index contributed by atoms with van der Waals surface area (Å²) in [6.45, 7) is 15.4. The number of aliphatic hydroxyl groups is 1. The van der Waals surface area contributed by atoms with E-state index in [0.717, 1.165) is 12.8 Å². The van der Waals surface area contributed by atoms with Crippen LogP contribution in [0, 0.1) is 0 Å². The van der Waals surface area contributed by atoms with Crippen LogP contribution in [0.3, 0.4) is 0 Å². The molecular weight excluding hydrogens is 320 g/mol. The predicted molar refractivity (Wildman–Crippen MR) is 118 cm³/mol. The summed E-state index contributed by atoms with van der Waals surface area (Å²) in [4.78, 5) is 0. The highest BCUT2D eigenvalue weighted by Gasteiger charge is 2.41. The van der Waals surface area contributed by atoms with Crippen molar-refractivity contribution in [2.24, 2.45) is 0 Å².